The van der Waals surface area contributed by atoms with Crippen molar-refractivity contribution in [2.45, 2.75) is 24.6 Å². The van der Waals surface area contributed by atoms with Gasteiger partial charge < -0.3 is 10.8 Å². The molecule has 5 nitrogen and oxygen atoms in total. The molecule has 0 radical (unpaired) electrons. The van der Waals surface area contributed by atoms with E-state index in [0.29, 0.717) is 11.8 Å². The van der Waals surface area contributed by atoms with Crippen LogP contribution in [-0.4, -0.2) is 30.5 Å². The Labute approximate surface area is 167 Å². The Bertz CT molecular complexity index is 1020. The van der Waals surface area contributed by atoms with Crippen molar-refractivity contribution in [1.82, 2.24) is 0 Å². The van der Waals surface area contributed by atoms with Gasteiger partial charge in [-0.1, -0.05) is 48.2 Å². The highest BCUT2D eigenvalue weighted by Crippen LogP contribution is 2.42. The Morgan fingerprint density at radius 1 is 1.07 bits per heavy atom. The maximum atomic E-state index is 13.6. The van der Waals surface area contributed by atoms with Gasteiger partial charge in [0.25, 0.3) is 10.1 Å². The maximum Gasteiger partial charge on any atom is 0.433 e. The number of hydrogen-bond donors (Lipinski definition) is 3. The van der Waals surface area contributed by atoms with E-state index in [1.807, 2.05) is 12.0 Å². The van der Waals surface area contributed by atoms with E-state index in [2.05, 4.69) is 5.92 Å². The number of alkyl halides is 3. The first-order chi connectivity index (χ1) is 13.3. The van der Waals surface area contributed by atoms with E-state index in [1.165, 1.54) is 12.1 Å². The lowest BCUT2D eigenvalue weighted by Crippen LogP contribution is -2.41. The van der Waals surface area contributed by atoms with E-state index in [4.69, 9.17) is 10.3 Å². The van der Waals surface area contributed by atoms with Gasteiger partial charge in [-0.05, 0) is 36.1 Å². The monoisotopic (exact) mass is 427 g/mol. The zero-order chi connectivity index (χ0) is 21.9. The first-order valence-electron chi connectivity index (χ1n) is 8.51. The van der Waals surface area contributed by atoms with Gasteiger partial charge in [-0.25, -0.2) is 0 Å². The highest BCUT2D eigenvalue weighted by Gasteiger charge is 2.55. The fourth-order valence-corrected chi connectivity index (χ4v) is 2.40. The van der Waals surface area contributed by atoms with Crippen molar-refractivity contribution in [1.29, 1.82) is 0 Å². The Morgan fingerprint density at radius 3 is 2.10 bits per heavy atom. The summed E-state index contributed by atoms with van der Waals surface area (Å²) >= 11 is 0. The molecule has 3 rings (SSSR count). The fourth-order valence-electron chi connectivity index (χ4n) is 2.40. The standard InChI is InChI=1S/C19H16F3NO.CH4O3S/c20-19(21,22)18(24,11-10-13-6-7-13)16-12-15(8-9-17(16)23)14-4-2-1-3-5-14;1-5(2,3)4/h1-5,8-9,12-13,24H,6-7,23H2;1H3,(H,2,3,4)/t18-;/m1./s1. The minimum atomic E-state index is -4.95. The second-order valence-corrected chi connectivity index (χ2v) is 8.12. The summed E-state index contributed by atoms with van der Waals surface area (Å²) in [6.07, 6.45) is -2.70. The molecule has 0 aromatic heterocycles. The molecule has 1 aliphatic carbocycles. The number of rotatable bonds is 2. The van der Waals surface area contributed by atoms with Gasteiger partial charge in [-0.15, -0.1) is 0 Å². The average molecular weight is 427 g/mol. The third-order valence-corrected chi connectivity index (χ3v) is 3.99. The molecule has 1 atom stereocenters. The summed E-state index contributed by atoms with van der Waals surface area (Å²) in [5.74, 6) is 4.48. The van der Waals surface area contributed by atoms with Crippen LogP contribution >= 0.6 is 0 Å². The highest BCUT2D eigenvalue weighted by atomic mass is 32.2. The molecule has 0 saturated heterocycles. The van der Waals surface area contributed by atoms with Crippen LogP contribution in [0.2, 0.25) is 0 Å². The normalized spacial score (nSPS) is 15.9. The number of benzene rings is 2. The number of nitrogen functional groups attached to an aromatic ring is 1. The molecular weight excluding hydrogens is 407 g/mol. The predicted molar refractivity (Wildman–Crippen MR) is 104 cm³/mol. The van der Waals surface area contributed by atoms with Gasteiger partial charge in [-0.2, -0.15) is 21.6 Å². The molecule has 156 valence electrons. The predicted octanol–water partition coefficient (Wildman–Crippen LogP) is 3.60. The van der Waals surface area contributed by atoms with Crippen molar-refractivity contribution >= 4 is 15.8 Å². The number of halogens is 3. The molecule has 1 saturated carbocycles. The Balaban J connectivity index is 0.000000537. The van der Waals surface area contributed by atoms with Crippen LogP contribution in [0, 0.1) is 17.8 Å². The van der Waals surface area contributed by atoms with E-state index >= 15 is 0 Å². The lowest BCUT2D eigenvalue weighted by atomic mass is 9.89. The summed E-state index contributed by atoms with van der Waals surface area (Å²) in [6, 6.07) is 13.2. The van der Waals surface area contributed by atoms with Crippen LogP contribution in [0.15, 0.2) is 48.5 Å². The average Bonchev–Trinajstić information content (AvgIpc) is 3.43. The molecule has 2 aromatic rings. The second-order valence-electron chi connectivity index (χ2n) is 6.65. The zero-order valence-electron chi connectivity index (χ0n) is 15.4. The second kappa shape index (κ2) is 8.45. The molecule has 0 heterocycles. The summed E-state index contributed by atoms with van der Waals surface area (Å²) in [5, 5.41) is 10.4. The van der Waals surface area contributed by atoms with Crippen LogP contribution in [-0.2, 0) is 15.7 Å². The summed E-state index contributed by atoms with van der Waals surface area (Å²) < 4.78 is 66.6. The molecule has 0 bridgehead atoms. The maximum absolute atomic E-state index is 13.6. The molecule has 0 unspecified atom stereocenters. The van der Waals surface area contributed by atoms with Crippen LogP contribution in [0.4, 0.5) is 18.9 Å². The Morgan fingerprint density at radius 2 is 1.62 bits per heavy atom. The van der Waals surface area contributed by atoms with Crippen LogP contribution in [0.1, 0.15) is 18.4 Å². The molecule has 0 aliphatic heterocycles. The quantitative estimate of drug-likeness (QED) is 0.386. The van der Waals surface area contributed by atoms with Gasteiger partial charge in [0.1, 0.15) is 0 Å². The molecule has 0 amide bonds. The molecule has 29 heavy (non-hydrogen) atoms. The van der Waals surface area contributed by atoms with Crippen LogP contribution < -0.4 is 5.73 Å². The molecule has 1 fully saturated rings. The number of nitrogens with two attached hydrogens (primary N) is 1. The molecule has 2 aromatic carbocycles. The zero-order valence-corrected chi connectivity index (χ0v) is 16.3. The highest BCUT2D eigenvalue weighted by molar-refractivity contribution is 7.85. The summed E-state index contributed by atoms with van der Waals surface area (Å²) in [7, 11) is -3.67. The molecule has 1 aliphatic rings. The van der Waals surface area contributed by atoms with Gasteiger partial charge >= 0.3 is 6.18 Å². The smallest absolute Gasteiger partial charge is 0.398 e. The summed E-state index contributed by atoms with van der Waals surface area (Å²) in [5.41, 5.74) is 3.18. The van der Waals surface area contributed by atoms with Crippen molar-refractivity contribution in [3.63, 3.8) is 0 Å². The van der Waals surface area contributed by atoms with E-state index in [9.17, 15) is 26.7 Å². The molecular formula is C20H20F3NO4S. The van der Waals surface area contributed by atoms with E-state index < -0.39 is 27.5 Å². The van der Waals surface area contributed by atoms with Gasteiger partial charge in [0, 0.05) is 17.2 Å². The largest absolute Gasteiger partial charge is 0.433 e. The fraction of sp³-hybridized carbons (Fsp3) is 0.300. The van der Waals surface area contributed by atoms with Crippen molar-refractivity contribution < 1.29 is 31.2 Å². The number of aliphatic hydroxyl groups is 1. The minimum absolute atomic E-state index is 0.0718. The molecule has 0 spiro atoms. The number of hydrogen-bond acceptors (Lipinski definition) is 4. The first-order valence-corrected chi connectivity index (χ1v) is 10.4. The van der Waals surface area contributed by atoms with Crippen LogP contribution in [0.3, 0.4) is 0 Å². The lowest BCUT2D eigenvalue weighted by Gasteiger charge is -2.27. The van der Waals surface area contributed by atoms with E-state index in [-0.39, 0.29) is 11.6 Å². The van der Waals surface area contributed by atoms with Crippen LogP contribution in [0.25, 0.3) is 11.1 Å². The van der Waals surface area contributed by atoms with Gasteiger partial charge in [-0.3, -0.25) is 4.55 Å². The van der Waals surface area contributed by atoms with Crippen molar-refractivity contribution in [3.8, 4) is 23.0 Å². The van der Waals surface area contributed by atoms with Crippen molar-refractivity contribution in [2.75, 3.05) is 12.0 Å². The Hall–Kier alpha value is -2.54. The van der Waals surface area contributed by atoms with E-state index in [1.54, 1.807) is 30.3 Å². The van der Waals surface area contributed by atoms with E-state index in [0.717, 1.165) is 18.4 Å². The number of anilines is 1. The van der Waals surface area contributed by atoms with Gasteiger partial charge in [0.2, 0.25) is 5.60 Å². The topological polar surface area (TPSA) is 101 Å². The molecule has 4 N–H and O–H groups in total. The first kappa shape index (κ1) is 22.7. The summed E-state index contributed by atoms with van der Waals surface area (Å²) in [4.78, 5) is 0. The molecule has 9 heteroatoms. The van der Waals surface area contributed by atoms with Gasteiger partial charge in [0.05, 0.1) is 6.26 Å². The minimum Gasteiger partial charge on any atom is -0.398 e. The third-order valence-electron chi connectivity index (χ3n) is 3.99. The van der Waals surface area contributed by atoms with Crippen molar-refractivity contribution in [2.24, 2.45) is 5.92 Å². The SMILES string of the molecule is CS(=O)(=O)O.Nc1ccc(-c2ccccc2)cc1[C@](O)(C#CC1CC1)C(F)(F)F. The third kappa shape index (κ3) is 6.49. The van der Waals surface area contributed by atoms with Gasteiger partial charge in [0.15, 0.2) is 0 Å². The Kier molecular flexibility index (Phi) is 6.63. The lowest BCUT2D eigenvalue weighted by molar-refractivity contribution is -0.240. The van der Waals surface area contributed by atoms with Crippen molar-refractivity contribution in [3.05, 3.63) is 54.1 Å². The van der Waals surface area contributed by atoms with Crippen LogP contribution in [0.5, 0.6) is 0 Å². The summed E-state index contributed by atoms with van der Waals surface area (Å²) in [6.45, 7) is 0.